The maximum absolute atomic E-state index is 5.45. The average molecular weight is 317 g/mol. The van der Waals surface area contributed by atoms with Gasteiger partial charge in [0.15, 0.2) is 5.82 Å². The molecule has 1 aromatic heterocycles. The third-order valence-electron chi connectivity index (χ3n) is 3.86. The minimum atomic E-state index is 0.424. The number of ether oxygens (including phenoxy) is 1. The van der Waals surface area contributed by atoms with Crippen molar-refractivity contribution in [1.29, 1.82) is 0 Å². The largest absolute Gasteiger partial charge is 0.495 e. The number of hydrogen-bond acceptors (Lipinski definition) is 6. The van der Waals surface area contributed by atoms with Crippen LogP contribution in [0.15, 0.2) is 24.3 Å². The minimum absolute atomic E-state index is 0.424. The number of nitrogens with one attached hydrogen (secondary N) is 1. The molecule has 116 valence electrons. The van der Waals surface area contributed by atoms with Gasteiger partial charge in [-0.15, -0.1) is 0 Å². The van der Waals surface area contributed by atoms with E-state index in [-0.39, 0.29) is 0 Å². The zero-order chi connectivity index (χ0) is 15.5. The molecule has 7 heteroatoms. The van der Waals surface area contributed by atoms with Crippen LogP contribution >= 0.6 is 12.2 Å². The monoisotopic (exact) mass is 317 g/mol. The molecule has 0 unspecified atom stereocenters. The fourth-order valence-electron chi connectivity index (χ4n) is 2.73. The van der Waals surface area contributed by atoms with E-state index in [1.165, 1.54) is 0 Å². The minimum Gasteiger partial charge on any atom is -0.495 e. The Morgan fingerprint density at radius 3 is 2.55 bits per heavy atom. The van der Waals surface area contributed by atoms with Gasteiger partial charge < -0.3 is 14.5 Å². The van der Waals surface area contributed by atoms with Crippen LogP contribution in [-0.2, 0) is 0 Å². The predicted octanol–water partition coefficient (Wildman–Crippen LogP) is 2.18. The highest BCUT2D eigenvalue weighted by molar-refractivity contribution is 7.71. The first-order valence-corrected chi connectivity index (χ1v) is 7.66. The molecule has 0 bridgehead atoms. The molecular formula is C15H19N5OS. The van der Waals surface area contributed by atoms with E-state index in [9.17, 15) is 0 Å². The first-order valence-electron chi connectivity index (χ1n) is 7.25. The van der Waals surface area contributed by atoms with Crippen LogP contribution in [0.4, 0.5) is 11.5 Å². The maximum Gasteiger partial charge on any atom is 0.215 e. The zero-order valence-electron chi connectivity index (χ0n) is 12.7. The van der Waals surface area contributed by atoms with Crippen LogP contribution in [0.1, 0.15) is 5.69 Å². The second kappa shape index (κ2) is 6.31. The number of aryl methyl sites for hydroxylation is 1. The molecule has 1 aliphatic rings. The van der Waals surface area contributed by atoms with Gasteiger partial charge in [-0.2, -0.15) is 10.1 Å². The third-order valence-corrected chi connectivity index (χ3v) is 4.04. The van der Waals surface area contributed by atoms with E-state index in [4.69, 9.17) is 17.0 Å². The van der Waals surface area contributed by atoms with Gasteiger partial charge in [0.25, 0.3) is 0 Å². The normalized spacial score (nSPS) is 15.0. The number of aromatic nitrogens is 3. The first kappa shape index (κ1) is 14.8. The highest BCUT2D eigenvalue weighted by Gasteiger charge is 2.21. The van der Waals surface area contributed by atoms with Crippen LogP contribution in [-0.4, -0.2) is 48.5 Å². The van der Waals surface area contributed by atoms with Crippen molar-refractivity contribution in [1.82, 2.24) is 15.2 Å². The fourth-order valence-corrected chi connectivity index (χ4v) is 2.87. The highest BCUT2D eigenvalue weighted by Crippen LogP contribution is 2.29. The molecule has 6 nitrogen and oxygen atoms in total. The second-order valence-electron chi connectivity index (χ2n) is 5.20. The standard InChI is InChI=1S/C15H19N5OS/c1-11-14(16-15(22)18-17-11)20-9-7-19(8-10-20)12-5-3-4-6-13(12)21-2/h3-6H,7-10H2,1-2H3,(H,16,18,22). The van der Waals surface area contributed by atoms with Crippen molar-refractivity contribution < 1.29 is 4.74 Å². The Morgan fingerprint density at radius 1 is 1.14 bits per heavy atom. The van der Waals surface area contributed by atoms with Crippen molar-refractivity contribution in [2.75, 3.05) is 43.1 Å². The molecule has 0 amide bonds. The van der Waals surface area contributed by atoms with E-state index in [1.54, 1.807) is 7.11 Å². The molecule has 1 fully saturated rings. The third kappa shape index (κ3) is 2.89. The van der Waals surface area contributed by atoms with Crippen LogP contribution in [0, 0.1) is 11.7 Å². The number of rotatable bonds is 3. The summed E-state index contributed by atoms with van der Waals surface area (Å²) in [5.41, 5.74) is 2.01. The van der Waals surface area contributed by atoms with Crippen LogP contribution in [0.5, 0.6) is 5.75 Å². The Morgan fingerprint density at radius 2 is 1.82 bits per heavy atom. The van der Waals surface area contributed by atoms with Gasteiger partial charge in [-0.25, -0.2) is 0 Å². The van der Waals surface area contributed by atoms with E-state index in [1.807, 2.05) is 25.1 Å². The molecular weight excluding hydrogens is 298 g/mol. The van der Waals surface area contributed by atoms with Crippen LogP contribution in [0.3, 0.4) is 0 Å². The molecule has 0 aliphatic carbocycles. The van der Waals surface area contributed by atoms with Gasteiger partial charge in [0.1, 0.15) is 11.4 Å². The molecule has 1 N–H and O–H groups in total. The Labute approximate surface area is 134 Å². The number of anilines is 2. The number of nitrogens with zero attached hydrogens (tertiary/aromatic N) is 4. The van der Waals surface area contributed by atoms with Gasteiger partial charge in [-0.3, -0.25) is 5.10 Å². The van der Waals surface area contributed by atoms with Crippen molar-refractivity contribution in [2.45, 2.75) is 6.92 Å². The van der Waals surface area contributed by atoms with Gasteiger partial charge in [-0.1, -0.05) is 12.1 Å². The summed E-state index contributed by atoms with van der Waals surface area (Å²) >= 11 is 5.08. The Hall–Kier alpha value is -2.15. The average Bonchev–Trinajstić information content (AvgIpc) is 2.57. The summed E-state index contributed by atoms with van der Waals surface area (Å²) in [5.74, 6) is 1.79. The van der Waals surface area contributed by atoms with E-state index in [0.29, 0.717) is 4.77 Å². The summed E-state index contributed by atoms with van der Waals surface area (Å²) in [6.07, 6.45) is 0. The van der Waals surface area contributed by atoms with Crippen molar-refractivity contribution in [3.8, 4) is 5.75 Å². The van der Waals surface area contributed by atoms with E-state index < -0.39 is 0 Å². The molecule has 0 radical (unpaired) electrons. The number of H-pyrrole nitrogens is 1. The number of methoxy groups -OCH3 is 1. The molecule has 2 heterocycles. The van der Waals surface area contributed by atoms with Crippen molar-refractivity contribution >= 4 is 23.7 Å². The van der Waals surface area contributed by atoms with Gasteiger partial charge in [0, 0.05) is 26.2 Å². The summed E-state index contributed by atoms with van der Waals surface area (Å²) in [4.78, 5) is 8.98. The lowest BCUT2D eigenvalue weighted by Gasteiger charge is -2.37. The van der Waals surface area contributed by atoms with Gasteiger partial charge >= 0.3 is 0 Å². The number of piperazine rings is 1. The van der Waals surface area contributed by atoms with Gasteiger partial charge in [-0.05, 0) is 31.3 Å². The molecule has 0 saturated carbocycles. The maximum atomic E-state index is 5.45. The molecule has 22 heavy (non-hydrogen) atoms. The Bertz CT molecular complexity index is 709. The molecule has 0 atom stereocenters. The summed E-state index contributed by atoms with van der Waals surface area (Å²) in [5, 5.41) is 6.92. The summed E-state index contributed by atoms with van der Waals surface area (Å²) in [7, 11) is 1.71. The van der Waals surface area contributed by atoms with Gasteiger partial charge in [0.2, 0.25) is 4.77 Å². The number of hydrogen-bond donors (Lipinski definition) is 1. The lowest BCUT2D eigenvalue weighted by Crippen LogP contribution is -2.47. The molecule has 2 aromatic rings. The SMILES string of the molecule is COc1ccccc1N1CCN(c2nc(=S)[nH]nc2C)CC1. The van der Waals surface area contributed by atoms with Crippen molar-refractivity contribution in [3.63, 3.8) is 0 Å². The van der Waals surface area contributed by atoms with E-state index in [0.717, 1.165) is 49.1 Å². The zero-order valence-corrected chi connectivity index (χ0v) is 13.6. The van der Waals surface area contributed by atoms with Gasteiger partial charge in [0.05, 0.1) is 12.8 Å². The predicted molar refractivity (Wildman–Crippen MR) is 89.4 cm³/mol. The molecule has 0 spiro atoms. The smallest absolute Gasteiger partial charge is 0.215 e. The molecule has 1 aromatic carbocycles. The summed E-state index contributed by atoms with van der Waals surface area (Å²) in [6, 6.07) is 8.12. The van der Waals surface area contributed by atoms with Crippen molar-refractivity contribution in [2.24, 2.45) is 0 Å². The topological polar surface area (TPSA) is 57.3 Å². The number of benzene rings is 1. The summed E-state index contributed by atoms with van der Waals surface area (Å²) in [6.45, 7) is 5.53. The molecule has 1 aliphatic heterocycles. The lowest BCUT2D eigenvalue weighted by molar-refractivity contribution is 0.413. The Kier molecular flexibility index (Phi) is 4.24. The highest BCUT2D eigenvalue weighted by atomic mass is 32.1. The quantitative estimate of drug-likeness (QED) is 0.876. The van der Waals surface area contributed by atoms with Crippen LogP contribution in [0.2, 0.25) is 0 Å². The number of para-hydroxylation sites is 2. The van der Waals surface area contributed by atoms with E-state index >= 15 is 0 Å². The van der Waals surface area contributed by atoms with Crippen molar-refractivity contribution in [3.05, 3.63) is 34.7 Å². The first-order chi connectivity index (χ1) is 10.7. The number of aromatic amines is 1. The second-order valence-corrected chi connectivity index (χ2v) is 5.58. The molecule has 1 saturated heterocycles. The Balaban J connectivity index is 1.75. The fraction of sp³-hybridized carbons (Fsp3) is 0.400. The van der Waals surface area contributed by atoms with E-state index in [2.05, 4.69) is 31.0 Å². The summed E-state index contributed by atoms with van der Waals surface area (Å²) < 4.78 is 5.87. The van der Waals surface area contributed by atoms with Crippen LogP contribution in [0.25, 0.3) is 0 Å². The lowest BCUT2D eigenvalue weighted by atomic mass is 10.2. The van der Waals surface area contributed by atoms with Crippen LogP contribution < -0.4 is 14.5 Å². The molecule has 3 rings (SSSR count).